The summed E-state index contributed by atoms with van der Waals surface area (Å²) in [6.07, 6.45) is 0.144. The van der Waals surface area contributed by atoms with E-state index >= 15 is 0 Å². The number of rotatable bonds is 7. The summed E-state index contributed by atoms with van der Waals surface area (Å²) in [5.74, 6) is -1.50. The van der Waals surface area contributed by atoms with Crippen molar-refractivity contribution in [3.05, 3.63) is 87.9 Å². The highest BCUT2D eigenvalue weighted by atomic mass is 79.9. The second-order valence-electron chi connectivity index (χ2n) is 8.83. The number of halogens is 1. The fourth-order valence-corrected chi connectivity index (χ4v) is 5.17. The lowest BCUT2D eigenvalue weighted by Gasteiger charge is -2.14. The maximum atomic E-state index is 12.5. The van der Waals surface area contributed by atoms with Gasteiger partial charge in [-0.05, 0) is 52.8 Å². The molecule has 2 atom stereocenters. The third-order valence-corrected chi connectivity index (χ3v) is 6.98. The molecule has 1 fully saturated rings. The van der Waals surface area contributed by atoms with Crippen molar-refractivity contribution >= 4 is 39.6 Å². The minimum Gasteiger partial charge on any atom is -0.478 e. The molecule has 3 aromatic rings. The average Bonchev–Trinajstić information content (AvgIpc) is 3.56. The Balaban J connectivity index is 1.11. The van der Waals surface area contributed by atoms with Crippen LogP contribution in [0.1, 0.15) is 33.8 Å². The first-order chi connectivity index (χ1) is 16.9. The Hall–Kier alpha value is -3.65. The zero-order chi connectivity index (χ0) is 24.5. The number of aromatic carboxylic acids is 1. The van der Waals surface area contributed by atoms with E-state index in [0.717, 1.165) is 11.1 Å². The summed E-state index contributed by atoms with van der Waals surface area (Å²) in [5, 5.41) is 14.7. The van der Waals surface area contributed by atoms with Crippen molar-refractivity contribution in [2.45, 2.75) is 12.3 Å². The molecule has 8 heteroatoms. The van der Waals surface area contributed by atoms with Gasteiger partial charge in [-0.15, -0.1) is 0 Å². The minimum absolute atomic E-state index is 0.00603. The molecule has 178 valence electrons. The Morgan fingerprint density at radius 1 is 0.971 bits per heavy atom. The van der Waals surface area contributed by atoms with Crippen LogP contribution in [0.15, 0.2) is 71.2 Å². The molecule has 0 heterocycles. The van der Waals surface area contributed by atoms with Crippen molar-refractivity contribution in [3.8, 4) is 11.1 Å². The SMILES string of the molecule is O=C(NCC1CC1C(=O)Nc1cc(Br)cc(C(=O)O)c1)OCC1c2ccccc2-c2ccccc21. The molecule has 3 N–H and O–H groups in total. The molecule has 2 aliphatic rings. The van der Waals surface area contributed by atoms with E-state index in [-0.39, 0.29) is 35.8 Å². The molecule has 2 amide bonds. The molecular formula is C27H23BrN2O5. The molecule has 0 aromatic heterocycles. The predicted molar refractivity (Wildman–Crippen MR) is 134 cm³/mol. The topological polar surface area (TPSA) is 105 Å². The van der Waals surface area contributed by atoms with Crippen molar-refractivity contribution in [2.24, 2.45) is 11.8 Å². The van der Waals surface area contributed by atoms with Gasteiger partial charge in [0.15, 0.2) is 0 Å². The van der Waals surface area contributed by atoms with E-state index in [1.807, 2.05) is 24.3 Å². The van der Waals surface area contributed by atoms with Gasteiger partial charge in [0.25, 0.3) is 0 Å². The van der Waals surface area contributed by atoms with E-state index in [1.165, 1.54) is 23.3 Å². The number of fused-ring (bicyclic) bond motifs is 3. The number of hydrogen-bond acceptors (Lipinski definition) is 4. The van der Waals surface area contributed by atoms with Crippen molar-refractivity contribution in [2.75, 3.05) is 18.5 Å². The molecule has 7 nitrogen and oxygen atoms in total. The molecule has 3 aromatic carbocycles. The Morgan fingerprint density at radius 3 is 2.29 bits per heavy atom. The summed E-state index contributed by atoms with van der Waals surface area (Å²) in [4.78, 5) is 36.1. The molecule has 0 spiro atoms. The van der Waals surface area contributed by atoms with Crippen LogP contribution in [0.5, 0.6) is 0 Å². The third-order valence-electron chi connectivity index (χ3n) is 6.52. The molecule has 0 bridgehead atoms. The van der Waals surface area contributed by atoms with Gasteiger partial charge < -0.3 is 20.5 Å². The van der Waals surface area contributed by atoms with Gasteiger partial charge in [0.1, 0.15) is 6.61 Å². The summed E-state index contributed by atoms with van der Waals surface area (Å²) in [6, 6.07) is 20.8. The fraction of sp³-hybridized carbons (Fsp3) is 0.222. The molecule has 5 rings (SSSR count). The maximum absolute atomic E-state index is 12.5. The van der Waals surface area contributed by atoms with Crippen LogP contribution in [0.2, 0.25) is 0 Å². The maximum Gasteiger partial charge on any atom is 0.407 e. The van der Waals surface area contributed by atoms with Gasteiger partial charge in [-0.1, -0.05) is 64.5 Å². The van der Waals surface area contributed by atoms with Crippen LogP contribution >= 0.6 is 15.9 Å². The lowest BCUT2D eigenvalue weighted by molar-refractivity contribution is -0.117. The van der Waals surface area contributed by atoms with Gasteiger partial charge in [-0.2, -0.15) is 0 Å². The van der Waals surface area contributed by atoms with E-state index in [1.54, 1.807) is 6.07 Å². The molecule has 35 heavy (non-hydrogen) atoms. The molecule has 2 unspecified atom stereocenters. The van der Waals surface area contributed by atoms with Crippen molar-refractivity contribution in [1.29, 1.82) is 0 Å². The summed E-state index contributed by atoms with van der Waals surface area (Å²) in [5.41, 5.74) is 5.14. The highest BCUT2D eigenvalue weighted by Gasteiger charge is 2.43. The largest absolute Gasteiger partial charge is 0.478 e. The van der Waals surface area contributed by atoms with Crippen LogP contribution < -0.4 is 10.6 Å². The molecule has 0 saturated heterocycles. The van der Waals surface area contributed by atoms with Crippen molar-refractivity contribution in [1.82, 2.24) is 5.32 Å². The number of carbonyl (C=O) groups is 3. The predicted octanol–water partition coefficient (Wildman–Crippen LogP) is 5.26. The van der Waals surface area contributed by atoms with Crippen LogP contribution in [0.4, 0.5) is 10.5 Å². The minimum atomic E-state index is -1.07. The smallest absolute Gasteiger partial charge is 0.407 e. The average molecular weight is 535 g/mol. The Kier molecular flexibility index (Phi) is 6.30. The first-order valence-electron chi connectivity index (χ1n) is 11.3. The molecule has 0 radical (unpaired) electrons. The lowest BCUT2D eigenvalue weighted by atomic mass is 9.98. The Morgan fingerprint density at radius 2 is 1.63 bits per heavy atom. The summed E-state index contributed by atoms with van der Waals surface area (Å²) in [6.45, 7) is 0.580. The monoisotopic (exact) mass is 534 g/mol. The first kappa shape index (κ1) is 23.1. The van der Waals surface area contributed by atoms with Gasteiger partial charge in [-0.3, -0.25) is 4.79 Å². The second-order valence-corrected chi connectivity index (χ2v) is 9.75. The second kappa shape index (κ2) is 9.54. The molecular weight excluding hydrogens is 512 g/mol. The number of carbonyl (C=O) groups excluding carboxylic acids is 2. The summed E-state index contributed by atoms with van der Waals surface area (Å²) >= 11 is 3.26. The van der Waals surface area contributed by atoms with Gasteiger partial charge in [0.2, 0.25) is 5.91 Å². The molecule has 0 aliphatic heterocycles. The van der Waals surface area contributed by atoms with Gasteiger partial charge in [0, 0.05) is 28.5 Å². The number of ether oxygens (including phenoxy) is 1. The van der Waals surface area contributed by atoms with E-state index in [4.69, 9.17) is 4.74 Å². The Bertz CT molecular complexity index is 1280. The molecule has 1 saturated carbocycles. The summed E-state index contributed by atoms with van der Waals surface area (Å²) < 4.78 is 6.11. The van der Waals surface area contributed by atoms with Gasteiger partial charge in [-0.25, -0.2) is 9.59 Å². The number of carboxylic acids is 1. The third kappa shape index (κ3) is 4.93. The Labute approximate surface area is 210 Å². The normalized spacial score (nSPS) is 17.7. The number of alkyl carbamates (subject to hydrolysis) is 1. The quantitative estimate of drug-likeness (QED) is 0.383. The fourth-order valence-electron chi connectivity index (χ4n) is 4.68. The number of benzene rings is 3. The van der Waals surface area contributed by atoms with Crippen LogP contribution in [0, 0.1) is 11.8 Å². The van der Waals surface area contributed by atoms with Crippen LogP contribution in [0.25, 0.3) is 11.1 Å². The van der Waals surface area contributed by atoms with E-state index in [9.17, 15) is 19.5 Å². The van der Waals surface area contributed by atoms with Crippen LogP contribution in [-0.4, -0.2) is 36.2 Å². The van der Waals surface area contributed by atoms with Crippen molar-refractivity contribution < 1.29 is 24.2 Å². The number of hydrogen-bond donors (Lipinski definition) is 3. The van der Waals surface area contributed by atoms with E-state index in [0.29, 0.717) is 23.1 Å². The van der Waals surface area contributed by atoms with Crippen molar-refractivity contribution in [3.63, 3.8) is 0 Å². The molecule has 2 aliphatic carbocycles. The number of carboxylic acid groups (broad SMARTS) is 1. The van der Waals surface area contributed by atoms with Gasteiger partial charge >= 0.3 is 12.1 Å². The number of nitrogens with one attached hydrogen (secondary N) is 2. The lowest BCUT2D eigenvalue weighted by Crippen LogP contribution is -2.29. The number of anilines is 1. The highest BCUT2D eigenvalue weighted by Crippen LogP contribution is 2.44. The first-order valence-corrected chi connectivity index (χ1v) is 12.1. The highest BCUT2D eigenvalue weighted by molar-refractivity contribution is 9.10. The van der Waals surface area contributed by atoms with Gasteiger partial charge in [0.05, 0.1) is 5.56 Å². The zero-order valence-electron chi connectivity index (χ0n) is 18.7. The zero-order valence-corrected chi connectivity index (χ0v) is 20.2. The van der Waals surface area contributed by atoms with Crippen LogP contribution in [0.3, 0.4) is 0 Å². The number of amides is 2. The van der Waals surface area contributed by atoms with E-state index < -0.39 is 12.1 Å². The summed E-state index contributed by atoms with van der Waals surface area (Å²) in [7, 11) is 0. The van der Waals surface area contributed by atoms with E-state index in [2.05, 4.69) is 50.8 Å². The standard InChI is InChI=1S/C27H23BrN2O5/c28-17-9-15(26(32)33)10-18(12-17)30-25(31)23-11-16(23)13-29-27(34)35-14-24-21-7-3-1-5-19(21)20-6-2-4-8-22(20)24/h1-10,12,16,23-24H,11,13-14H2,(H,29,34)(H,30,31)(H,32,33). The van der Waals surface area contributed by atoms with Crippen LogP contribution in [-0.2, 0) is 9.53 Å².